The maximum absolute atomic E-state index is 12.8. The molecule has 2 amide bonds. The van der Waals surface area contributed by atoms with Crippen LogP contribution in [0.1, 0.15) is 24.2 Å². The van der Waals surface area contributed by atoms with Crippen LogP contribution in [0.4, 0.5) is 10.5 Å². The molecule has 28 heavy (non-hydrogen) atoms. The van der Waals surface area contributed by atoms with Crippen LogP contribution in [0.15, 0.2) is 42.5 Å². The van der Waals surface area contributed by atoms with Gasteiger partial charge in [-0.2, -0.15) is 11.8 Å². The van der Waals surface area contributed by atoms with E-state index in [4.69, 9.17) is 14.2 Å². The lowest BCUT2D eigenvalue weighted by Crippen LogP contribution is -2.36. The first-order valence-electron chi connectivity index (χ1n) is 9.53. The number of anilines is 1. The topological polar surface area (TPSA) is 60.0 Å². The van der Waals surface area contributed by atoms with Crippen molar-refractivity contribution in [2.24, 2.45) is 0 Å². The van der Waals surface area contributed by atoms with Crippen molar-refractivity contribution in [2.75, 3.05) is 37.6 Å². The number of rotatable bonds is 4. The summed E-state index contributed by atoms with van der Waals surface area (Å²) in [5.41, 5.74) is 1.93. The summed E-state index contributed by atoms with van der Waals surface area (Å²) >= 11 is 1.88. The molecule has 1 fully saturated rings. The summed E-state index contributed by atoms with van der Waals surface area (Å²) in [4.78, 5) is 14.7. The summed E-state index contributed by atoms with van der Waals surface area (Å²) in [5.74, 6) is 3.20. The van der Waals surface area contributed by atoms with Gasteiger partial charge in [-0.25, -0.2) is 4.79 Å². The third-order valence-electron chi connectivity index (χ3n) is 4.83. The zero-order valence-corrected chi connectivity index (χ0v) is 16.7. The Morgan fingerprint density at radius 1 is 1.21 bits per heavy atom. The molecule has 0 unspecified atom stereocenters. The van der Waals surface area contributed by atoms with Crippen LogP contribution in [0.25, 0.3) is 0 Å². The number of nitrogens with zero attached hydrogens (tertiary/aromatic N) is 1. The molecule has 0 bridgehead atoms. The molecule has 2 heterocycles. The smallest absolute Gasteiger partial charge is 0.321 e. The van der Waals surface area contributed by atoms with E-state index in [0.717, 1.165) is 23.7 Å². The van der Waals surface area contributed by atoms with Crippen molar-refractivity contribution in [3.05, 3.63) is 48.0 Å². The lowest BCUT2D eigenvalue weighted by Gasteiger charge is -2.22. The lowest BCUT2D eigenvalue weighted by molar-refractivity contribution is 0.174. The zero-order chi connectivity index (χ0) is 19.3. The number of fused-ring (bicyclic) bond motifs is 1. The molecule has 2 aliphatic rings. The molecule has 1 saturated heterocycles. The van der Waals surface area contributed by atoms with Crippen LogP contribution in [-0.2, 0) is 0 Å². The number of ether oxygens (including phenoxy) is 3. The SMILES string of the molecule is CCOc1ccccc1NC(=O)N1CCS[C@H](c2ccc3c(c2)OCO3)CC1. The van der Waals surface area contributed by atoms with E-state index in [-0.39, 0.29) is 12.8 Å². The van der Waals surface area contributed by atoms with E-state index in [1.54, 1.807) is 0 Å². The van der Waals surface area contributed by atoms with Gasteiger partial charge in [0, 0.05) is 24.1 Å². The van der Waals surface area contributed by atoms with Crippen LogP contribution in [0.3, 0.4) is 0 Å². The molecule has 0 saturated carbocycles. The van der Waals surface area contributed by atoms with Gasteiger partial charge in [-0.05, 0) is 43.2 Å². The van der Waals surface area contributed by atoms with E-state index in [0.29, 0.717) is 36.4 Å². The van der Waals surface area contributed by atoms with Crippen LogP contribution in [0.2, 0.25) is 0 Å². The number of carbonyl (C=O) groups excluding carboxylic acids is 1. The van der Waals surface area contributed by atoms with Crippen LogP contribution in [-0.4, -0.2) is 43.2 Å². The zero-order valence-electron chi connectivity index (χ0n) is 15.8. The van der Waals surface area contributed by atoms with Gasteiger partial charge in [-0.15, -0.1) is 0 Å². The number of thioether (sulfide) groups is 1. The highest BCUT2D eigenvalue weighted by Gasteiger charge is 2.24. The van der Waals surface area contributed by atoms with Gasteiger partial charge in [0.1, 0.15) is 5.75 Å². The molecule has 1 N–H and O–H groups in total. The van der Waals surface area contributed by atoms with Gasteiger partial charge < -0.3 is 24.4 Å². The first-order chi connectivity index (χ1) is 13.7. The second-order valence-electron chi connectivity index (χ2n) is 6.61. The Hall–Kier alpha value is -2.54. The van der Waals surface area contributed by atoms with Gasteiger partial charge in [0.25, 0.3) is 0 Å². The molecular weight excluding hydrogens is 376 g/mol. The van der Waals surface area contributed by atoms with E-state index in [1.165, 1.54) is 5.56 Å². The maximum Gasteiger partial charge on any atom is 0.321 e. The number of para-hydroxylation sites is 2. The van der Waals surface area contributed by atoms with Crippen molar-refractivity contribution in [3.8, 4) is 17.2 Å². The van der Waals surface area contributed by atoms with Crippen molar-refractivity contribution in [1.82, 2.24) is 4.90 Å². The largest absolute Gasteiger partial charge is 0.492 e. The van der Waals surface area contributed by atoms with Gasteiger partial charge in [0.05, 0.1) is 12.3 Å². The van der Waals surface area contributed by atoms with E-state index in [1.807, 2.05) is 53.9 Å². The Morgan fingerprint density at radius 3 is 2.96 bits per heavy atom. The fourth-order valence-corrected chi connectivity index (χ4v) is 4.62. The fraction of sp³-hybridized carbons (Fsp3) is 0.381. The van der Waals surface area contributed by atoms with Crippen molar-refractivity contribution >= 4 is 23.5 Å². The molecule has 7 heteroatoms. The molecule has 148 valence electrons. The maximum atomic E-state index is 12.8. The second-order valence-corrected chi connectivity index (χ2v) is 7.92. The van der Waals surface area contributed by atoms with E-state index in [9.17, 15) is 4.79 Å². The Labute approximate surface area is 169 Å². The molecule has 0 radical (unpaired) electrons. The predicted molar refractivity (Wildman–Crippen MR) is 111 cm³/mol. The molecule has 2 aromatic rings. The van der Waals surface area contributed by atoms with Gasteiger partial charge >= 0.3 is 6.03 Å². The van der Waals surface area contributed by atoms with Crippen LogP contribution in [0.5, 0.6) is 17.2 Å². The van der Waals surface area contributed by atoms with E-state index in [2.05, 4.69) is 17.4 Å². The molecule has 0 aliphatic carbocycles. The van der Waals surface area contributed by atoms with Crippen molar-refractivity contribution in [1.29, 1.82) is 0 Å². The lowest BCUT2D eigenvalue weighted by atomic mass is 10.1. The fourth-order valence-electron chi connectivity index (χ4n) is 3.40. The number of amides is 2. The Morgan fingerprint density at radius 2 is 2.07 bits per heavy atom. The van der Waals surface area contributed by atoms with Crippen LogP contribution in [0, 0.1) is 0 Å². The number of hydrogen-bond donors (Lipinski definition) is 1. The molecule has 6 nitrogen and oxygen atoms in total. The van der Waals surface area contributed by atoms with Crippen LogP contribution < -0.4 is 19.5 Å². The minimum Gasteiger partial charge on any atom is -0.492 e. The first-order valence-corrected chi connectivity index (χ1v) is 10.6. The Bertz CT molecular complexity index is 845. The summed E-state index contributed by atoms with van der Waals surface area (Å²) < 4.78 is 16.5. The first kappa shape index (κ1) is 18.8. The highest BCUT2D eigenvalue weighted by atomic mass is 32.2. The molecule has 2 aromatic carbocycles. The summed E-state index contributed by atoms with van der Waals surface area (Å²) in [5, 5.41) is 3.33. The summed E-state index contributed by atoms with van der Waals surface area (Å²) in [6, 6.07) is 13.6. The Kier molecular flexibility index (Phi) is 5.81. The number of hydrogen-bond acceptors (Lipinski definition) is 5. The predicted octanol–water partition coefficient (Wildman–Crippen LogP) is 4.53. The molecule has 4 rings (SSSR count). The van der Waals surface area contributed by atoms with Gasteiger partial charge in [-0.3, -0.25) is 0 Å². The normalized spacial score (nSPS) is 18.5. The number of carbonyl (C=O) groups is 1. The van der Waals surface area contributed by atoms with Crippen LogP contribution >= 0.6 is 11.8 Å². The highest BCUT2D eigenvalue weighted by molar-refractivity contribution is 7.99. The van der Waals surface area contributed by atoms with Crippen molar-refractivity contribution in [3.63, 3.8) is 0 Å². The number of nitrogens with one attached hydrogen (secondary N) is 1. The minimum atomic E-state index is -0.0842. The quantitative estimate of drug-likeness (QED) is 0.817. The molecular formula is C21H24N2O4S. The molecule has 0 spiro atoms. The highest BCUT2D eigenvalue weighted by Crippen LogP contribution is 2.40. The van der Waals surface area contributed by atoms with E-state index >= 15 is 0 Å². The van der Waals surface area contributed by atoms with Gasteiger partial charge in [0.15, 0.2) is 11.5 Å². The number of benzene rings is 2. The average Bonchev–Trinajstić information content (AvgIpc) is 3.04. The Balaban J connectivity index is 1.39. The molecule has 2 aliphatic heterocycles. The van der Waals surface area contributed by atoms with Crippen molar-refractivity contribution in [2.45, 2.75) is 18.6 Å². The molecule has 1 atom stereocenters. The molecule has 0 aromatic heterocycles. The average molecular weight is 401 g/mol. The minimum absolute atomic E-state index is 0.0842. The van der Waals surface area contributed by atoms with Gasteiger partial charge in [-0.1, -0.05) is 18.2 Å². The third kappa shape index (κ3) is 4.14. The van der Waals surface area contributed by atoms with Crippen molar-refractivity contribution < 1.29 is 19.0 Å². The monoisotopic (exact) mass is 400 g/mol. The standard InChI is InChI=1S/C21H24N2O4S/c1-2-25-17-6-4-3-5-16(17)22-21(24)23-10-9-20(28-12-11-23)15-7-8-18-19(13-15)27-14-26-18/h3-8,13,20H,2,9-12,14H2,1H3,(H,22,24)/t20-/m0/s1. The second kappa shape index (κ2) is 8.65. The van der Waals surface area contributed by atoms with E-state index < -0.39 is 0 Å². The number of urea groups is 1. The van der Waals surface area contributed by atoms with Gasteiger partial charge in [0.2, 0.25) is 6.79 Å². The third-order valence-corrected chi connectivity index (χ3v) is 6.15. The summed E-state index contributed by atoms with van der Waals surface area (Å²) in [7, 11) is 0. The summed E-state index contributed by atoms with van der Waals surface area (Å²) in [6.45, 7) is 4.20. The summed E-state index contributed by atoms with van der Waals surface area (Å²) in [6.07, 6.45) is 0.894.